The van der Waals surface area contributed by atoms with E-state index in [1.807, 2.05) is 4.90 Å². The van der Waals surface area contributed by atoms with Crippen LogP contribution in [0.15, 0.2) is 29.2 Å². The Hall–Kier alpha value is -1.03. The molecule has 0 radical (unpaired) electrons. The van der Waals surface area contributed by atoms with Gasteiger partial charge in [0.1, 0.15) is 5.82 Å². The number of halogens is 1. The van der Waals surface area contributed by atoms with E-state index >= 15 is 0 Å². The van der Waals surface area contributed by atoms with Gasteiger partial charge in [0, 0.05) is 18.0 Å². The minimum atomic E-state index is -0.246. The summed E-state index contributed by atoms with van der Waals surface area (Å²) in [6, 6.07) is 6.58. The summed E-state index contributed by atoms with van der Waals surface area (Å²) in [6.07, 6.45) is 3.40. The molecule has 17 heavy (non-hydrogen) atoms. The molecule has 0 unspecified atom stereocenters. The number of thioether (sulfide) groups is 1. The molecule has 0 bridgehead atoms. The Morgan fingerprint density at radius 3 is 2.65 bits per heavy atom. The van der Waals surface area contributed by atoms with Crippen LogP contribution in [-0.4, -0.2) is 29.6 Å². The van der Waals surface area contributed by atoms with Crippen molar-refractivity contribution in [1.29, 1.82) is 0 Å². The van der Waals surface area contributed by atoms with Crippen molar-refractivity contribution in [3.05, 3.63) is 30.1 Å². The summed E-state index contributed by atoms with van der Waals surface area (Å²) < 4.78 is 13.3. The quantitative estimate of drug-likeness (QED) is 0.772. The maximum absolute atomic E-state index is 13.3. The number of nitrogens with zero attached hydrogens (tertiary/aromatic N) is 1. The van der Waals surface area contributed by atoms with Crippen molar-refractivity contribution in [2.75, 3.05) is 18.8 Å². The molecular weight excluding hydrogens is 237 g/mol. The van der Waals surface area contributed by atoms with Gasteiger partial charge in [-0.1, -0.05) is 12.1 Å². The third-order valence-electron chi connectivity index (χ3n) is 2.90. The Morgan fingerprint density at radius 1 is 1.24 bits per heavy atom. The SMILES string of the molecule is O=C(CSc1ccccc1F)N1CCCCC1. The van der Waals surface area contributed by atoms with E-state index in [1.165, 1.54) is 24.2 Å². The minimum Gasteiger partial charge on any atom is -0.342 e. The number of piperidine rings is 1. The molecule has 1 aliphatic heterocycles. The first-order valence-electron chi connectivity index (χ1n) is 5.92. The summed E-state index contributed by atoms with van der Waals surface area (Å²) in [5.74, 6) is 0.211. The van der Waals surface area contributed by atoms with Gasteiger partial charge in [0.2, 0.25) is 5.91 Å². The normalized spacial score (nSPS) is 15.9. The van der Waals surface area contributed by atoms with Gasteiger partial charge in [-0.25, -0.2) is 4.39 Å². The zero-order valence-electron chi connectivity index (χ0n) is 9.69. The van der Waals surface area contributed by atoms with Crippen molar-refractivity contribution in [3.63, 3.8) is 0 Å². The number of hydrogen-bond acceptors (Lipinski definition) is 2. The second kappa shape index (κ2) is 6.05. The molecule has 0 aliphatic carbocycles. The fraction of sp³-hybridized carbons (Fsp3) is 0.462. The van der Waals surface area contributed by atoms with Gasteiger partial charge in [-0.05, 0) is 31.4 Å². The molecule has 92 valence electrons. The number of benzene rings is 1. The van der Waals surface area contributed by atoms with Gasteiger partial charge in [-0.3, -0.25) is 4.79 Å². The van der Waals surface area contributed by atoms with Crippen molar-refractivity contribution in [3.8, 4) is 0 Å². The fourth-order valence-corrected chi connectivity index (χ4v) is 2.78. The number of carbonyl (C=O) groups excluding carboxylic acids is 1. The first kappa shape index (κ1) is 12.4. The Kier molecular flexibility index (Phi) is 4.42. The highest BCUT2D eigenvalue weighted by atomic mass is 32.2. The fourth-order valence-electron chi connectivity index (χ4n) is 1.94. The van der Waals surface area contributed by atoms with Crippen molar-refractivity contribution in [1.82, 2.24) is 4.90 Å². The van der Waals surface area contributed by atoms with E-state index in [0.717, 1.165) is 25.9 Å². The molecule has 2 rings (SSSR count). The highest BCUT2D eigenvalue weighted by molar-refractivity contribution is 8.00. The maximum atomic E-state index is 13.3. The molecule has 1 aromatic rings. The highest BCUT2D eigenvalue weighted by Gasteiger charge is 2.16. The van der Waals surface area contributed by atoms with Crippen LogP contribution in [-0.2, 0) is 4.79 Å². The van der Waals surface area contributed by atoms with E-state index in [-0.39, 0.29) is 11.7 Å². The lowest BCUT2D eigenvalue weighted by molar-refractivity contribution is -0.129. The second-order valence-corrected chi connectivity index (χ2v) is 5.18. The van der Waals surface area contributed by atoms with Gasteiger partial charge in [0.15, 0.2) is 0 Å². The zero-order chi connectivity index (χ0) is 12.1. The molecular formula is C13H16FNOS. The van der Waals surface area contributed by atoms with Crippen LogP contribution in [0.4, 0.5) is 4.39 Å². The predicted octanol–water partition coefficient (Wildman–Crippen LogP) is 2.93. The lowest BCUT2D eigenvalue weighted by Crippen LogP contribution is -2.36. The third kappa shape index (κ3) is 3.46. The van der Waals surface area contributed by atoms with Crippen LogP contribution in [0.2, 0.25) is 0 Å². The molecule has 1 aliphatic rings. The first-order chi connectivity index (χ1) is 8.27. The summed E-state index contributed by atoms with van der Waals surface area (Å²) in [7, 11) is 0. The topological polar surface area (TPSA) is 20.3 Å². The monoisotopic (exact) mass is 253 g/mol. The van der Waals surface area contributed by atoms with Gasteiger partial charge in [-0.2, -0.15) is 0 Å². The maximum Gasteiger partial charge on any atom is 0.232 e. The lowest BCUT2D eigenvalue weighted by Gasteiger charge is -2.26. The highest BCUT2D eigenvalue weighted by Crippen LogP contribution is 2.22. The largest absolute Gasteiger partial charge is 0.342 e. The molecule has 2 nitrogen and oxygen atoms in total. The molecule has 1 amide bonds. The first-order valence-corrected chi connectivity index (χ1v) is 6.91. The Labute approximate surface area is 105 Å². The molecule has 0 spiro atoms. The summed E-state index contributed by atoms with van der Waals surface area (Å²) in [5.41, 5.74) is 0. The summed E-state index contributed by atoms with van der Waals surface area (Å²) in [5, 5.41) is 0. The minimum absolute atomic E-state index is 0.123. The molecule has 1 heterocycles. The van der Waals surface area contributed by atoms with Gasteiger partial charge in [0.25, 0.3) is 0 Å². The molecule has 1 fully saturated rings. The van der Waals surface area contributed by atoms with E-state index in [1.54, 1.807) is 18.2 Å². The molecule has 1 saturated heterocycles. The van der Waals surface area contributed by atoms with E-state index in [2.05, 4.69) is 0 Å². The molecule has 0 N–H and O–H groups in total. The van der Waals surface area contributed by atoms with Gasteiger partial charge < -0.3 is 4.90 Å². The zero-order valence-corrected chi connectivity index (χ0v) is 10.5. The van der Waals surface area contributed by atoms with Crippen LogP contribution in [0, 0.1) is 5.82 Å². The van der Waals surface area contributed by atoms with Gasteiger partial charge >= 0.3 is 0 Å². The van der Waals surface area contributed by atoms with Gasteiger partial charge in [0.05, 0.1) is 5.75 Å². The van der Waals surface area contributed by atoms with Crippen LogP contribution in [0.1, 0.15) is 19.3 Å². The Balaban J connectivity index is 1.85. The number of amides is 1. The third-order valence-corrected chi connectivity index (χ3v) is 3.93. The van der Waals surface area contributed by atoms with Crippen LogP contribution < -0.4 is 0 Å². The summed E-state index contributed by atoms with van der Waals surface area (Å²) in [4.78, 5) is 14.3. The summed E-state index contributed by atoms with van der Waals surface area (Å²) >= 11 is 1.28. The van der Waals surface area contributed by atoms with Crippen LogP contribution in [0.5, 0.6) is 0 Å². The van der Waals surface area contributed by atoms with E-state index in [4.69, 9.17) is 0 Å². The molecule has 0 atom stereocenters. The van der Waals surface area contributed by atoms with Crippen LogP contribution in [0.25, 0.3) is 0 Å². The van der Waals surface area contributed by atoms with E-state index in [9.17, 15) is 9.18 Å². The molecule has 1 aromatic carbocycles. The molecule has 0 saturated carbocycles. The van der Waals surface area contributed by atoms with Crippen molar-refractivity contribution >= 4 is 17.7 Å². The smallest absolute Gasteiger partial charge is 0.232 e. The van der Waals surface area contributed by atoms with Crippen molar-refractivity contribution < 1.29 is 9.18 Å². The van der Waals surface area contributed by atoms with Crippen molar-refractivity contribution in [2.45, 2.75) is 24.2 Å². The number of carbonyl (C=O) groups is 1. The Morgan fingerprint density at radius 2 is 1.94 bits per heavy atom. The number of hydrogen-bond donors (Lipinski definition) is 0. The second-order valence-electron chi connectivity index (χ2n) is 4.16. The number of likely N-dealkylation sites (tertiary alicyclic amines) is 1. The average Bonchev–Trinajstić information content (AvgIpc) is 2.38. The standard InChI is InChI=1S/C13H16FNOS/c14-11-6-2-3-7-12(11)17-10-13(16)15-8-4-1-5-9-15/h2-3,6-7H,1,4-5,8-10H2. The lowest BCUT2D eigenvalue weighted by atomic mass is 10.1. The summed E-state index contributed by atoms with van der Waals surface area (Å²) in [6.45, 7) is 1.72. The van der Waals surface area contributed by atoms with E-state index < -0.39 is 0 Å². The van der Waals surface area contributed by atoms with Crippen molar-refractivity contribution in [2.24, 2.45) is 0 Å². The van der Waals surface area contributed by atoms with E-state index in [0.29, 0.717) is 10.6 Å². The number of rotatable bonds is 3. The molecule has 4 heteroatoms. The molecule has 0 aromatic heterocycles. The Bertz CT molecular complexity index is 391. The average molecular weight is 253 g/mol. The van der Waals surface area contributed by atoms with Crippen LogP contribution in [0.3, 0.4) is 0 Å². The predicted molar refractivity (Wildman–Crippen MR) is 67.6 cm³/mol. The van der Waals surface area contributed by atoms with Gasteiger partial charge in [-0.15, -0.1) is 11.8 Å². The van der Waals surface area contributed by atoms with Crippen LogP contribution >= 0.6 is 11.8 Å².